The lowest BCUT2D eigenvalue weighted by molar-refractivity contribution is 0.388. The van der Waals surface area contributed by atoms with E-state index >= 15 is 0 Å². The highest BCUT2D eigenvalue weighted by Crippen LogP contribution is 2.46. The molecule has 1 aromatic rings. The maximum absolute atomic E-state index is 3.61. The van der Waals surface area contributed by atoms with Crippen molar-refractivity contribution in [1.29, 1.82) is 0 Å². The molecule has 0 saturated carbocycles. The molecule has 0 atom stereocenters. The maximum atomic E-state index is 3.61. The van der Waals surface area contributed by atoms with Gasteiger partial charge in [0.05, 0.1) is 6.54 Å². The van der Waals surface area contributed by atoms with Gasteiger partial charge in [0.2, 0.25) is 0 Å². The molecule has 0 N–H and O–H groups in total. The summed E-state index contributed by atoms with van der Waals surface area (Å²) < 4.78 is 0. The van der Waals surface area contributed by atoms with Crippen LogP contribution < -0.4 is 4.90 Å². The Balaban J connectivity index is 2.39. The fraction of sp³-hybridized carbons (Fsp3) is 0.533. The summed E-state index contributed by atoms with van der Waals surface area (Å²) in [6.07, 6.45) is 1.15. The molecule has 0 bridgehead atoms. The predicted molar refractivity (Wildman–Crippen MR) is 69.4 cm³/mol. The first-order valence-electron chi connectivity index (χ1n) is 5.96. The fourth-order valence-corrected chi connectivity index (χ4v) is 2.85. The van der Waals surface area contributed by atoms with Gasteiger partial charge in [0.15, 0.2) is 0 Å². The lowest BCUT2D eigenvalue weighted by Gasteiger charge is -2.33. The van der Waals surface area contributed by atoms with Crippen LogP contribution in [0.5, 0.6) is 0 Å². The first kappa shape index (κ1) is 11.5. The zero-order valence-electron chi connectivity index (χ0n) is 11.0. The van der Waals surface area contributed by atoms with Crippen molar-refractivity contribution in [3.8, 4) is 0 Å². The molecule has 1 aliphatic heterocycles. The molecule has 0 aromatic heterocycles. The molecule has 2 rings (SSSR count). The fourth-order valence-electron chi connectivity index (χ4n) is 2.85. The normalized spacial score (nSPS) is 22.4. The minimum atomic E-state index is 0.162. The number of anilines is 1. The standard InChI is InChI=1S/C15H21N/c1-12-8-6-7-9-13(12)16-11-14(2,3)10-15(16,4)5/h6-9H,10H2,1-5H3. The van der Waals surface area contributed by atoms with E-state index in [1.165, 1.54) is 11.3 Å². The summed E-state index contributed by atoms with van der Waals surface area (Å²) in [6.45, 7) is 14.9. The van der Waals surface area contributed by atoms with E-state index in [9.17, 15) is 0 Å². The van der Waals surface area contributed by atoms with Gasteiger partial charge < -0.3 is 4.90 Å². The third kappa shape index (κ3) is 1.95. The summed E-state index contributed by atoms with van der Waals surface area (Å²) >= 11 is 0. The molecular formula is C15H21N. The molecule has 1 heterocycles. The van der Waals surface area contributed by atoms with Gasteiger partial charge >= 0.3 is 0 Å². The Morgan fingerprint density at radius 2 is 1.75 bits per heavy atom. The Morgan fingerprint density at radius 1 is 1.12 bits per heavy atom. The van der Waals surface area contributed by atoms with Crippen molar-refractivity contribution in [2.45, 2.75) is 46.6 Å². The highest BCUT2D eigenvalue weighted by Gasteiger charge is 2.44. The molecule has 0 amide bonds. The molecule has 1 heteroatoms. The van der Waals surface area contributed by atoms with Crippen molar-refractivity contribution in [1.82, 2.24) is 0 Å². The van der Waals surface area contributed by atoms with Crippen LogP contribution in [0.2, 0.25) is 0 Å². The molecule has 0 spiro atoms. The number of rotatable bonds is 1. The third-order valence-corrected chi connectivity index (χ3v) is 3.25. The van der Waals surface area contributed by atoms with E-state index in [-0.39, 0.29) is 11.0 Å². The van der Waals surface area contributed by atoms with Gasteiger partial charge in [-0.05, 0) is 44.2 Å². The van der Waals surface area contributed by atoms with Crippen LogP contribution in [-0.4, -0.2) is 5.54 Å². The average molecular weight is 215 g/mol. The van der Waals surface area contributed by atoms with Gasteiger partial charge in [-0.1, -0.05) is 32.0 Å². The van der Waals surface area contributed by atoms with Gasteiger partial charge in [0.1, 0.15) is 0 Å². The van der Waals surface area contributed by atoms with E-state index in [2.05, 4.69) is 70.3 Å². The zero-order chi connectivity index (χ0) is 12.0. The maximum Gasteiger partial charge on any atom is 0.0980 e. The zero-order valence-corrected chi connectivity index (χ0v) is 11.0. The Labute approximate surface area is 99.5 Å². The van der Waals surface area contributed by atoms with E-state index in [0.717, 1.165) is 6.42 Å². The number of nitrogens with zero attached hydrogens (tertiary/aromatic N) is 1. The summed E-state index contributed by atoms with van der Waals surface area (Å²) in [4.78, 5) is 2.32. The van der Waals surface area contributed by atoms with Gasteiger partial charge in [-0.2, -0.15) is 0 Å². The van der Waals surface area contributed by atoms with Crippen LogP contribution in [0.3, 0.4) is 0 Å². The Kier molecular flexibility index (Phi) is 2.52. The second-order valence-electron chi connectivity index (χ2n) is 6.11. The van der Waals surface area contributed by atoms with E-state index in [4.69, 9.17) is 0 Å². The van der Waals surface area contributed by atoms with Crippen LogP contribution in [0.25, 0.3) is 0 Å². The van der Waals surface area contributed by atoms with Gasteiger partial charge in [-0.3, -0.25) is 0 Å². The molecule has 1 fully saturated rings. The number of hydrogen-bond acceptors (Lipinski definition) is 1. The summed E-state index contributed by atoms with van der Waals surface area (Å²) in [7, 11) is 0. The minimum absolute atomic E-state index is 0.162. The van der Waals surface area contributed by atoms with Crippen LogP contribution >= 0.6 is 0 Å². The minimum Gasteiger partial charge on any atom is -0.355 e. The second kappa shape index (κ2) is 3.51. The van der Waals surface area contributed by atoms with Crippen LogP contribution in [-0.2, 0) is 0 Å². The van der Waals surface area contributed by atoms with E-state index < -0.39 is 0 Å². The Morgan fingerprint density at radius 3 is 2.25 bits per heavy atom. The van der Waals surface area contributed by atoms with Crippen molar-refractivity contribution in [3.63, 3.8) is 0 Å². The quantitative estimate of drug-likeness (QED) is 0.683. The van der Waals surface area contributed by atoms with Crippen molar-refractivity contribution in [3.05, 3.63) is 36.4 Å². The summed E-state index contributed by atoms with van der Waals surface area (Å²) in [5.41, 5.74) is 2.94. The Hall–Kier alpha value is -0.980. The highest BCUT2D eigenvalue weighted by molar-refractivity contribution is 5.58. The van der Waals surface area contributed by atoms with Crippen LogP contribution in [0.4, 0.5) is 5.69 Å². The number of para-hydroxylation sites is 1. The molecule has 16 heavy (non-hydrogen) atoms. The third-order valence-electron chi connectivity index (χ3n) is 3.25. The average Bonchev–Trinajstić information content (AvgIpc) is 2.35. The Bertz CT molecular complexity index is 390. The van der Waals surface area contributed by atoms with Gasteiger partial charge in [0, 0.05) is 11.2 Å². The van der Waals surface area contributed by atoms with E-state index in [1.807, 2.05) is 0 Å². The summed E-state index contributed by atoms with van der Waals surface area (Å²) in [6, 6.07) is 8.54. The van der Waals surface area contributed by atoms with Gasteiger partial charge in [0.25, 0.3) is 0 Å². The summed E-state index contributed by atoms with van der Waals surface area (Å²) in [5.74, 6) is 0. The molecule has 1 saturated heterocycles. The SMILES string of the molecule is Cc1ccccc1N1[C]C(C)(C)CC1(C)C. The topological polar surface area (TPSA) is 3.24 Å². The lowest BCUT2D eigenvalue weighted by atomic mass is 9.86. The summed E-state index contributed by atoms with van der Waals surface area (Å²) in [5, 5.41) is 0. The van der Waals surface area contributed by atoms with Crippen molar-refractivity contribution in [2.24, 2.45) is 5.41 Å². The second-order valence-corrected chi connectivity index (χ2v) is 6.11. The largest absolute Gasteiger partial charge is 0.355 e. The molecular weight excluding hydrogens is 194 g/mol. The smallest absolute Gasteiger partial charge is 0.0980 e. The molecule has 1 nitrogen and oxygen atoms in total. The molecule has 0 aliphatic carbocycles. The number of hydrogen-bond donors (Lipinski definition) is 0. The van der Waals surface area contributed by atoms with Crippen LogP contribution in [0.1, 0.15) is 39.7 Å². The van der Waals surface area contributed by atoms with E-state index in [1.54, 1.807) is 0 Å². The van der Waals surface area contributed by atoms with Crippen molar-refractivity contribution in [2.75, 3.05) is 4.90 Å². The molecule has 2 radical (unpaired) electrons. The van der Waals surface area contributed by atoms with Crippen LogP contribution in [0.15, 0.2) is 24.3 Å². The number of benzene rings is 1. The predicted octanol–water partition coefficient (Wildman–Crippen LogP) is 4.05. The van der Waals surface area contributed by atoms with Crippen LogP contribution in [0, 0.1) is 18.9 Å². The van der Waals surface area contributed by atoms with E-state index in [0.29, 0.717) is 0 Å². The highest BCUT2D eigenvalue weighted by atomic mass is 15.2. The van der Waals surface area contributed by atoms with Gasteiger partial charge in [-0.25, -0.2) is 0 Å². The molecule has 0 unspecified atom stereocenters. The first-order valence-corrected chi connectivity index (χ1v) is 5.96. The molecule has 86 valence electrons. The number of aryl methyl sites for hydroxylation is 1. The van der Waals surface area contributed by atoms with Crippen molar-refractivity contribution >= 4 is 5.69 Å². The van der Waals surface area contributed by atoms with Gasteiger partial charge in [-0.15, -0.1) is 0 Å². The molecule has 1 aromatic carbocycles. The lowest BCUT2D eigenvalue weighted by Crippen LogP contribution is -2.36. The first-order chi connectivity index (χ1) is 7.32. The molecule has 1 aliphatic rings. The monoisotopic (exact) mass is 215 g/mol. The van der Waals surface area contributed by atoms with Crippen molar-refractivity contribution < 1.29 is 0 Å².